The smallest absolute Gasteiger partial charge is 0.221 e. The van der Waals surface area contributed by atoms with Gasteiger partial charge in [-0.25, -0.2) is 0 Å². The standard InChI is InChI=1S/C80H186N36O6/c1-3-111(65-69-113(59-5-75(117)105-53-47-99-41-35-93-29-23-87-17-11-81)60-6-76(118)106-54-48-100-42-36-94-30-24-88-18-12-82)67-71-115(63-9-79(121)109-57-51-103-45-39-97-33-27-91-21-15-85)73-74-116(64-10-80(122)110-58-52-104-46-40-98-34-28-92-22-16-86)72-68-112(4-2)66-70-114(61-7-77(119)107-55-49-101-43-37-95-31-25-89-19-13-83)62-8-78(120)108-56-50-102-44-38-96-32-26-90-20-14-84/h87-104H,3-74,81-86H2,1-2H3,(H,105,117)(H,106,118)(H,107,119)(H,108,120)(H,109,121)(H,110,122). The number of nitrogens with two attached hydrogens (primary N) is 6. The van der Waals surface area contributed by atoms with Crippen LogP contribution in [0.3, 0.4) is 0 Å². The Morgan fingerprint density at radius 2 is 0.262 bits per heavy atom. The molecule has 6 amide bonds. The number of carbonyl (C=O) groups is 6. The molecule has 0 heterocycles. The molecule has 0 aliphatic heterocycles. The maximum Gasteiger partial charge on any atom is 0.221 e. The first-order chi connectivity index (χ1) is 59.9. The van der Waals surface area contributed by atoms with Crippen LogP contribution in [0.25, 0.3) is 0 Å². The highest BCUT2D eigenvalue weighted by atomic mass is 16.2. The Labute approximate surface area is 736 Å². The Balaban J connectivity index is 6.73. The molecule has 0 rings (SSSR count). The molecule has 0 aromatic heterocycles. The number of rotatable bonds is 101. The predicted molar refractivity (Wildman–Crippen MR) is 502 cm³/mol. The molecule has 122 heavy (non-hydrogen) atoms. The lowest BCUT2D eigenvalue weighted by molar-refractivity contribution is -0.123. The summed E-state index contributed by atoms with van der Waals surface area (Å²) in [6, 6.07) is 0. The summed E-state index contributed by atoms with van der Waals surface area (Å²) in [6.45, 7) is 50.7. The number of amides is 6. The molecule has 0 atom stereocenters. The van der Waals surface area contributed by atoms with Crippen molar-refractivity contribution in [3.63, 3.8) is 0 Å². The lowest BCUT2D eigenvalue weighted by atomic mass is 10.2. The van der Waals surface area contributed by atoms with E-state index in [1.807, 2.05) is 0 Å². The van der Waals surface area contributed by atoms with Gasteiger partial charge in [-0.15, -0.1) is 0 Å². The molecule has 42 nitrogen and oxygen atoms in total. The summed E-state index contributed by atoms with van der Waals surface area (Å²) in [6.07, 6.45) is 1.79. The Morgan fingerprint density at radius 1 is 0.156 bits per heavy atom. The van der Waals surface area contributed by atoms with E-state index in [4.69, 9.17) is 34.4 Å². The third kappa shape index (κ3) is 86.4. The van der Waals surface area contributed by atoms with Crippen molar-refractivity contribution in [2.75, 3.05) is 432 Å². The van der Waals surface area contributed by atoms with E-state index in [2.05, 4.69) is 171 Å². The Hall–Kier alpha value is -4.38. The second kappa shape index (κ2) is 95.7. The molecule has 0 aromatic carbocycles. The molecule has 0 bridgehead atoms. The van der Waals surface area contributed by atoms with E-state index in [9.17, 15) is 28.8 Å². The normalized spacial score (nSPS) is 11.8. The van der Waals surface area contributed by atoms with Gasteiger partial charge in [-0.05, 0) is 13.1 Å². The van der Waals surface area contributed by atoms with Crippen LogP contribution in [0.5, 0.6) is 0 Å². The third-order valence-electron chi connectivity index (χ3n) is 19.9. The average Bonchev–Trinajstić information content (AvgIpc) is 0.923. The first kappa shape index (κ1) is 118. The molecule has 0 radical (unpaired) electrons. The van der Waals surface area contributed by atoms with Crippen LogP contribution in [0.1, 0.15) is 52.4 Å². The Bertz CT molecular complexity index is 2050. The van der Waals surface area contributed by atoms with Crippen LogP contribution in [0.15, 0.2) is 0 Å². The van der Waals surface area contributed by atoms with Gasteiger partial charge in [0.05, 0.1) is 0 Å². The zero-order chi connectivity index (χ0) is 88.8. The van der Waals surface area contributed by atoms with E-state index < -0.39 is 0 Å². The van der Waals surface area contributed by atoms with E-state index in [1.165, 1.54) is 0 Å². The summed E-state index contributed by atoms with van der Waals surface area (Å²) in [5.74, 6) is -0.198. The second-order valence-corrected chi connectivity index (χ2v) is 30.1. The molecular formula is C80H186N36O6. The van der Waals surface area contributed by atoms with Gasteiger partial charge in [0.25, 0.3) is 0 Å². The largest absolute Gasteiger partial charge is 0.355 e. The van der Waals surface area contributed by atoms with Crippen molar-refractivity contribution in [3.05, 3.63) is 0 Å². The summed E-state index contributed by atoms with van der Waals surface area (Å²) in [7, 11) is 0. The van der Waals surface area contributed by atoms with Gasteiger partial charge in [-0.2, -0.15) is 0 Å². The second-order valence-electron chi connectivity index (χ2n) is 30.1. The molecule has 722 valence electrons. The van der Waals surface area contributed by atoms with Crippen molar-refractivity contribution in [1.29, 1.82) is 0 Å². The van der Waals surface area contributed by atoms with Crippen LogP contribution in [-0.2, 0) is 28.8 Å². The summed E-state index contributed by atoms with van der Waals surface area (Å²) >= 11 is 0. The number of hydrogen-bond donors (Lipinski definition) is 30. The van der Waals surface area contributed by atoms with E-state index in [0.717, 1.165) is 209 Å². The maximum atomic E-state index is 13.7. The molecule has 0 aliphatic rings. The maximum absolute atomic E-state index is 13.7. The monoisotopic (exact) mass is 1750 g/mol. The van der Waals surface area contributed by atoms with Gasteiger partial charge in [-0.1, -0.05) is 13.8 Å². The first-order valence-electron chi connectivity index (χ1n) is 46.8. The lowest BCUT2D eigenvalue weighted by Crippen LogP contribution is -2.46. The minimum Gasteiger partial charge on any atom is -0.355 e. The minimum absolute atomic E-state index is 0.0229. The molecule has 0 fully saturated rings. The lowest BCUT2D eigenvalue weighted by Gasteiger charge is -2.32. The fourth-order valence-corrected chi connectivity index (χ4v) is 12.4. The van der Waals surface area contributed by atoms with Crippen LogP contribution in [-0.4, -0.2) is 497 Å². The highest BCUT2D eigenvalue weighted by Crippen LogP contribution is 2.05. The predicted octanol–water partition coefficient (Wildman–Crippen LogP) is -13.8. The zero-order valence-corrected chi connectivity index (χ0v) is 76.5. The van der Waals surface area contributed by atoms with Crippen LogP contribution >= 0.6 is 0 Å². The van der Waals surface area contributed by atoms with Gasteiger partial charge in [-0.3, -0.25) is 28.8 Å². The van der Waals surface area contributed by atoms with Crippen LogP contribution in [0.2, 0.25) is 0 Å². The SMILES string of the molecule is CCN(CCN(CCC(=O)NCCNCCNCCNCCN)CCC(=O)NCCNCCNCCNCCN)CCN(CCC(=O)NCCNCCNCCNCCN)CCN(CCC(=O)NCCNCCNCCNCCN)CCN(CC)CCN(CCC(=O)NCCNCCNCCNCCN)CCC(=O)NCCNCCNCCNCCN. The first-order valence-corrected chi connectivity index (χ1v) is 46.8. The van der Waals surface area contributed by atoms with Crippen molar-refractivity contribution in [2.24, 2.45) is 34.4 Å². The molecule has 0 saturated heterocycles. The van der Waals surface area contributed by atoms with Gasteiger partial charge >= 0.3 is 0 Å². The summed E-state index contributed by atoms with van der Waals surface area (Å²) < 4.78 is 0. The molecular weight excluding hydrogens is 1560 g/mol. The molecule has 42 heteroatoms. The van der Waals surface area contributed by atoms with Gasteiger partial charge in [0.1, 0.15) is 0 Å². The summed E-state index contributed by atoms with van der Waals surface area (Å²) in [5.41, 5.74) is 33.6. The summed E-state index contributed by atoms with van der Waals surface area (Å²) in [5, 5.41) is 79.2. The number of nitrogens with one attached hydrogen (secondary N) is 24. The van der Waals surface area contributed by atoms with E-state index >= 15 is 0 Å². The fraction of sp³-hybridized carbons (Fsp3) is 0.925. The van der Waals surface area contributed by atoms with Crippen molar-refractivity contribution >= 4 is 35.4 Å². The molecule has 36 N–H and O–H groups in total. The zero-order valence-electron chi connectivity index (χ0n) is 76.5. The van der Waals surface area contributed by atoms with E-state index in [1.54, 1.807) is 0 Å². The molecule has 0 aromatic rings. The van der Waals surface area contributed by atoms with Gasteiger partial charge in [0, 0.05) is 457 Å². The fourth-order valence-electron chi connectivity index (χ4n) is 12.4. The topological polar surface area (TPSA) is 567 Å². The number of nitrogens with zero attached hydrogens (tertiary/aromatic N) is 6. The van der Waals surface area contributed by atoms with Crippen molar-refractivity contribution in [2.45, 2.75) is 52.4 Å². The quantitative estimate of drug-likeness (QED) is 0.0251. The highest BCUT2D eigenvalue weighted by molar-refractivity contribution is 5.78. The molecule has 0 saturated carbocycles. The van der Waals surface area contributed by atoms with E-state index in [0.29, 0.717) is 261 Å². The Morgan fingerprint density at radius 3 is 0.385 bits per heavy atom. The average molecular weight is 1750 g/mol. The minimum atomic E-state index is -0.0381. The van der Waals surface area contributed by atoms with Crippen molar-refractivity contribution < 1.29 is 28.8 Å². The van der Waals surface area contributed by atoms with Crippen molar-refractivity contribution in [3.8, 4) is 0 Å². The number of hydrogen-bond acceptors (Lipinski definition) is 36. The molecule has 0 spiro atoms. The molecule has 0 unspecified atom stereocenters. The van der Waals surface area contributed by atoms with Gasteiger partial charge in [0.2, 0.25) is 35.4 Å². The van der Waals surface area contributed by atoms with Gasteiger partial charge in [0.15, 0.2) is 0 Å². The van der Waals surface area contributed by atoms with Gasteiger partial charge < -0.3 is 191 Å². The number of carbonyl (C=O) groups excluding carboxylic acids is 6. The van der Waals surface area contributed by atoms with Crippen LogP contribution in [0, 0.1) is 0 Å². The highest BCUT2D eigenvalue weighted by Gasteiger charge is 2.20. The van der Waals surface area contributed by atoms with Crippen LogP contribution in [0.4, 0.5) is 0 Å². The Kier molecular flexibility index (Phi) is 92.3. The third-order valence-corrected chi connectivity index (χ3v) is 19.9. The summed E-state index contributed by atoms with van der Waals surface area (Å²) in [4.78, 5) is 94.9. The van der Waals surface area contributed by atoms with Crippen molar-refractivity contribution in [1.82, 2.24) is 157 Å². The van der Waals surface area contributed by atoms with Crippen LogP contribution < -0.4 is 162 Å². The number of likely N-dealkylation sites (N-methyl/N-ethyl adjacent to an activating group) is 2. The molecule has 0 aliphatic carbocycles. The van der Waals surface area contributed by atoms with E-state index in [-0.39, 0.29) is 35.4 Å².